The monoisotopic (exact) mass is 383 g/mol. The summed E-state index contributed by atoms with van der Waals surface area (Å²) in [6, 6.07) is 8.13. The van der Waals surface area contributed by atoms with Gasteiger partial charge in [0.1, 0.15) is 0 Å². The molecule has 2 aromatic rings. The molecule has 1 N–H and O–H groups in total. The number of carbonyl (C=O) groups is 1. The van der Waals surface area contributed by atoms with E-state index in [2.05, 4.69) is 33.1 Å². The van der Waals surface area contributed by atoms with Gasteiger partial charge in [0.15, 0.2) is 0 Å². The molecule has 2 amide bonds. The van der Waals surface area contributed by atoms with Crippen molar-refractivity contribution in [3.63, 3.8) is 0 Å². The molecule has 0 spiro atoms. The van der Waals surface area contributed by atoms with Gasteiger partial charge in [0.05, 0.1) is 12.1 Å². The Morgan fingerprint density at radius 3 is 2.57 bits per heavy atom. The number of urea groups is 1. The van der Waals surface area contributed by atoms with Crippen LogP contribution in [0.4, 0.5) is 4.79 Å². The van der Waals surface area contributed by atoms with Gasteiger partial charge in [-0.05, 0) is 38.0 Å². The Morgan fingerprint density at radius 1 is 1.25 bits per heavy atom. The van der Waals surface area contributed by atoms with Crippen molar-refractivity contribution in [2.24, 2.45) is 0 Å². The molecule has 0 saturated carbocycles. The molecule has 0 radical (unpaired) electrons. The van der Waals surface area contributed by atoms with Crippen LogP contribution >= 0.6 is 0 Å². The first kappa shape index (κ1) is 20.1. The van der Waals surface area contributed by atoms with Crippen molar-refractivity contribution in [1.82, 2.24) is 25.3 Å². The van der Waals surface area contributed by atoms with Crippen molar-refractivity contribution in [2.45, 2.75) is 39.8 Å². The van der Waals surface area contributed by atoms with E-state index in [1.807, 2.05) is 43.9 Å². The maximum Gasteiger partial charge on any atom is 0.318 e. The van der Waals surface area contributed by atoms with Gasteiger partial charge in [-0.15, -0.1) is 10.2 Å². The quantitative estimate of drug-likeness (QED) is 0.858. The van der Waals surface area contributed by atoms with Gasteiger partial charge >= 0.3 is 6.03 Å². The van der Waals surface area contributed by atoms with Crippen LogP contribution in [0.3, 0.4) is 0 Å². The van der Waals surface area contributed by atoms with Gasteiger partial charge in [-0.2, -0.15) is 0 Å². The van der Waals surface area contributed by atoms with Crippen LogP contribution in [0.25, 0.3) is 5.57 Å². The van der Waals surface area contributed by atoms with Gasteiger partial charge in [0.25, 0.3) is 0 Å². The molecular formula is C21H29N5O2. The van der Waals surface area contributed by atoms with Crippen molar-refractivity contribution in [3.05, 3.63) is 53.8 Å². The summed E-state index contributed by atoms with van der Waals surface area (Å²) in [5.74, 6) is 1.19. The molecule has 1 saturated heterocycles. The molecular weight excluding hydrogens is 354 g/mol. The summed E-state index contributed by atoms with van der Waals surface area (Å²) >= 11 is 0. The van der Waals surface area contributed by atoms with Crippen LogP contribution in [0.2, 0.25) is 0 Å². The predicted molar refractivity (Wildman–Crippen MR) is 109 cm³/mol. The molecule has 0 unspecified atom stereocenters. The van der Waals surface area contributed by atoms with Gasteiger partial charge in [-0.25, -0.2) is 4.79 Å². The number of rotatable bonds is 5. The number of piperazine rings is 1. The summed E-state index contributed by atoms with van der Waals surface area (Å²) in [5, 5.41) is 11.1. The summed E-state index contributed by atoms with van der Waals surface area (Å²) < 4.78 is 5.44. The number of benzene rings is 1. The molecule has 0 bridgehead atoms. The van der Waals surface area contributed by atoms with E-state index >= 15 is 0 Å². The Morgan fingerprint density at radius 2 is 1.96 bits per heavy atom. The van der Waals surface area contributed by atoms with Gasteiger partial charge in [0, 0.05) is 33.1 Å². The minimum absolute atomic E-state index is 0.0426. The van der Waals surface area contributed by atoms with Crippen LogP contribution in [0.15, 0.2) is 35.3 Å². The molecule has 28 heavy (non-hydrogen) atoms. The van der Waals surface area contributed by atoms with E-state index in [0.29, 0.717) is 31.4 Å². The normalized spacial score (nSPS) is 15.5. The number of carbonyl (C=O) groups excluding carboxylic acids is 1. The molecule has 150 valence electrons. The number of nitrogens with one attached hydrogen (secondary N) is 1. The van der Waals surface area contributed by atoms with Gasteiger partial charge in [0.2, 0.25) is 11.8 Å². The molecule has 1 aliphatic rings. The van der Waals surface area contributed by atoms with E-state index in [1.54, 1.807) is 6.92 Å². The van der Waals surface area contributed by atoms with Crippen molar-refractivity contribution in [1.29, 1.82) is 0 Å². The second kappa shape index (κ2) is 8.14. The number of aryl methyl sites for hydroxylation is 1. The zero-order valence-electron chi connectivity index (χ0n) is 17.2. The largest absolute Gasteiger partial charge is 0.424 e. The molecule has 2 heterocycles. The van der Waals surface area contributed by atoms with Crippen molar-refractivity contribution < 1.29 is 9.21 Å². The molecule has 7 nitrogen and oxygen atoms in total. The number of hydrogen-bond acceptors (Lipinski definition) is 5. The predicted octanol–water partition coefficient (Wildman–Crippen LogP) is 3.17. The first-order chi connectivity index (χ1) is 13.2. The number of aromatic nitrogens is 2. The van der Waals surface area contributed by atoms with Crippen LogP contribution in [0, 0.1) is 6.92 Å². The standard InChI is InChI=1S/C21H29N5O2/c1-15(2)17-7-6-8-18(13-17)21(4,5)22-20(27)26-11-9-25(10-12-26)14-19-24-23-16(3)28-19/h6-8,13H,1,9-12,14H2,2-5H3,(H,22,27). The minimum atomic E-state index is -0.471. The molecule has 1 aliphatic heterocycles. The summed E-state index contributed by atoms with van der Waals surface area (Å²) in [4.78, 5) is 16.9. The van der Waals surface area contributed by atoms with E-state index in [9.17, 15) is 4.79 Å². The lowest BCUT2D eigenvalue weighted by Crippen LogP contribution is -2.54. The lowest BCUT2D eigenvalue weighted by molar-refractivity contribution is 0.124. The Kier molecular flexibility index (Phi) is 5.84. The first-order valence-corrected chi connectivity index (χ1v) is 9.59. The molecule has 1 aromatic heterocycles. The third-order valence-electron chi connectivity index (χ3n) is 5.08. The van der Waals surface area contributed by atoms with Crippen LogP contribution < -0.4 is 5.32 Å². The second-order valence-electron chi connectivity index (χ2n) is 7.89. The van der Waals surface area contributed by atoms with E-state index in [4.69, 9.17) is 4.42 Å². The number of hydrogen-bond donors (Lipinski definition) is 1. The van der Waals surface area contributed by atoms with E-state index in [1.165, 1.54) is 0 Å². The minimum Gasteiger partial charge on any atom is -0.424 e. The maximum absolute atomic E-state index is 12.8. The highest BCUT2D eigenvalue weighted by Gasteiger charge is 2.28. The van der Waals surface area contributed by atoms with E-state index < -0.39 is 5.54 Å². The maximum atomic E-state index is 12.8. The highest BCUT2D eigenvalue weighted by atomic mass is 16.4. The van der Waals surface area contributed by atoms with Crippen LogP contribution in [-0.2, 0) is 12.1 Å². The zero-order valence-corrected chi connectivity index (χ0v) is 17.2. The van der Waals surface area contributed by atoms with Gasteiger partial charge in [-0.3, -0.25) is 4.90 Å². The van der Waals surface area contributed by atoms with Gasteiger partial charge < -0.3 is 14.6 Å². The first-order valence-electron chi connectivity index (χ1n) is 9.59. The zero-order chi connectivity index (χ0) is 20.3. The van der Waals surface area contributed by atoms with Crippen LogP contribution in [0.5, 0.6) is 0 Å². The molecule has 1 aromatic carbocycles. The van der Waals surface area contributed by atoms with E-state index in [0.717, 1.165) is 29.8 Å². The number of amides is 2. The van der Waals surface area contributed by atoms with Crippen molar-refractivity contribution in [2.75, 3.05) is 26.2 Å². The third-order valence-corrected chi connectivity index (χ3v) is 5.08. The highest BCUT2D eigenvalue weighted by molar-refractivity contribution is 5.75. The van der Waals surface area contributed by atoms with Crippen molar-refractivity contribution >= 4 is 11.6 Å². The summed E-state index contributed by atoms with van der Waals surface area (Å²) in [6.07, 6.45) is 0. The number of nitrogens with zero attached hydrogens (tertiary/aromatic N) is 4. The summed E-state index contributed by atoms with van der Waals surface area (Å²) in [5.41, 5.74) is 2.69. The van der Waals surface area contributed by atoms with Crippen LogP contribution in [-0.4, -0.2) is 52.2 Å². The second-order valence-corrected chi connectivity index (χ2v) is 7.89. The molecule has 0 atom stereocenters. The molecule has 1 fully saturated rings. The average molecular weight is 383 g/mol. The van der Waals surface area contributed by atoms with Crippen molar-refractivity contribution in [3.8, 4) is 0 Å². The smallest absolute Gasteiger partial charge is 0.318 e. The Hall–Kier alpha value is -2.67. The summed E-state index contributed by atoms with van der Waals surface area (Å²) in [6.45, 7) is 15.3. The van der Waals surface area contributed by atoms with E-state index in [-0.39, 0.29) is 6.03 Å². The molecule has 0 aliphatic carbocycles. The Bertz CT molecular complexity index is 850. The highest BCUT2D eigenvalue weighted by Crippen LogP contribution is 2.24. The third kappa shape index (κ3) is 4.78. The topological polar surface area (TPSA) is 74.5 Å². The Labute approximate surface area is 166 Å². The summed E-state index contributed by atoms with van der Waals surface area (Å²) in [7, 11) is 0. The fourth-order valence-corrected chi connectivity index (χ4v) is 3.29. The lowest BCUT2D eigenvalue weighted by Gasteiger charge is -2.36. The Balaban J connectivity index is 1.56. The lowest BCUT2D eigenvalue weighted by atomic mass is 9.92. The van der Waals surface area contributed by atoms with Crippen LogP contribution in [0.1, 0.15) is 43.7 Å². The molecule has 3 rings (SSSR count). The van der Waals surface area contributed by atoms with Gasteiger partial charge in [-0.1, -0.05) is 30.4 Å². The average Bonchev–Trinajstić information content (AvgIpc) is 3.06. The number of allylic oxidation sites excluding steroid dienone is 1. The molecule has 7 heteroatoms. The fraction of sp³-hybridized carbons (Fsp3) is 0.476. The SMILES string of the molecule is C=C(C)c1cccc(C(C)(C)NC(=O)N2CCN(Cc3nnc(C)o3)CC2)c1. The fourth-order valence-electron chi connectivity index (χ4n) is 3.29.